The highest BCUT2D eigenvalue weighted by Crippen LogP contribution is 2.66. The molecule has 0 aromatic heterocycles. The molecule has 4 fully saturated rings. The Morgan fingerprint density at radius 2 is 1.83 bits per heavy atom. The first-order chi connectivity index (χ1) is 11.3. The number of carbonyl (C=O) groups excluding carboxylic acids is 1. The summed E-state index contributed by atoms with van der Waals surface area (Å²) in [6.45, 7) is 7.09. The molecule has 6 atom stereocenters. The van der Waals surface area contributed by atoms with E-state index in [0.29, 0.717) is 22.8 Å². The van der Waals surface area contributed by atoms with Crippen LogP contribution < -0.4 is 0 Å². The molecular weight excluding hydrogens is 318 g/mol. The lowest BCUT2D eigenvalue weighted by Gasteiger charge is -2.61. The zero-order valence-corrected chi connectivity index (χ0v) is 16.5. The third kappa shape index (κ3) is 2.11. The summed E-state index contributed by atoms with van der Waals surface area (Å²) in [7, 11) is 2.05. The lowest BCUT2D eigenvalue weighted by molar-refractivity contribution is -0.156. The van der Waals surface area contributed by atoms with Gasteiger partial charge in [-0.2, -0.15) is 0 Å². The highest BCUT2D eigenvalue weighted by molar-refractivity contribution is 6.29. The van der Waals surface area contributed by atoms with Crippen LogP contribution >= 0.6 is 11.6 Å². The van der Waals surface area contributed by atoms with Crippen molar-refractivity contribution in [1.29, 1.82) is 0 Å². The van der Waals surface area contributed by atoms with Gasteiger partial charge in [0.1, 0.15) is 0 Å². The number of carbonyl (C=O) groups is 1. The van der Waals surface area contributed by atoms with Gasteiger partial charge in [-0.05, 0) is 86.0 Å². The summed E-state index contributed by atoms with van der Waals surface area (Å²) in [5, 5.41) is 1.06. The van der Waals surface area contributed by atoms with Crippen LogP contribution in [-0.4, -0.2) is 23.9 Å². The molecule has 0 N–H and O–H groups in total. The number of halogens is 1. The van der Waals surface area contributed by atoms with Crippen LogP contribution in [0.5, 0.6) is 0 Å². The fourth-order valence-electron chi connectivity index (χ4n) is 7.53. The van der Waals surface area contributed by atoms with Crippen molar-refractivity contribution >= 4 is 17.5 Å². The highest BCUT2D eigenvalue weighted by atomic mass is 35.5. The van der Waals surface area contributed by atoms with Gasteiger partial charge in [-0.3, -0.25) is 4.79 Å². The van der Waals surface area contributed by atoms with Crippen LogP contribution in [0, 0.1) is 28.6 Å². The molecule has 0 unspecified atom stereocenters. The van der Waals surface area contributed by atoms with Gasteiger partial charge in [-0.1, -0.05) is 25.4 Å². The van der Waals surface area contributed by atoms with Crippen LogP contribution in [0.1, 0.15) is 72.1 Å². The van der Waals surface area contributed by atoms with E-state index in [1.807, 2.05) is 7.05 Å². The van der Waals surface area contributed by atoms with Gasteiger partial charge < -0.3 is 4.90 Å². The van der Waals surface area contributed by atoms with E-state index in [9.17, 15) is 4.79 Å². The number of rotatable bonds is 0. The van der Waals surface area contributed by atoms with Crippen molar-refractivity contribution in [3.63, 3.8) is 0 Å². The van der Waals surface area contributed by atoms with Crippen molar-refractivity contribution in [3.05, 3.63) is 10.6 Å². The Kier molecular flexibility index (Phi) is 3.88. The number of fused-ring (bicyclic) bond motifs is 5. The van der Waals surface area contributed by atoms with E-state index in [1.54, 1.807) is 5.57 Å². The number of piperidine rings is 1. The standard InChI is InChI=1S/C21H32ClNO/c1-13(22)15-6-7-16-14-5-8-18-21(3,12-10-19(24)23(18)4)17(14)9-11-20(15,16)2/h14,16-18H,5-12H2,1-4H3/t14-,16-,17-,18+,20+,21+/m0/s1. The van der Waals surface area contributed by atoms with E-state index in [2.05, 4.69) is 25.7 Å². The number of allylic oxidation sites excluding steroid dienone is 2. The zero-order chi connectivity index (χ0) is 17.3. The van der Waals surface area contributed by atoms with Crippen molar-refractivity contribution in [1.82, 2.24) is 4.90 Å². The molecule has 0 spiro atoms. The Morgan fingerprint density at radius 3 is 2.54 bits per heavy atom. The molecule has 134 valence electrons. The predicted octanol–water partition coefficient (Wildman–Crippen LogP) is 5.36. The molecule has 0 aromatic rings. The van der Waals surface area contributed by atoms with E-state index >= 15 is 0 Å². The van der Waals surface area contributed by atoms with Gasteiger partial charge in [0.05, 0.1) is 0 Å². The van der Waals surface area contributed by atoms with Crippen LogP contribution in [0.4, 0.5) is 0 Å². The van der Waals surface area contributed by atoms with Crippen molar-refractivity contribution in [3.8, 4) is 0 Å². The first-order valence-electron chi connectivity index (χ1n) is 9.90. The normalized spacial score (nSPS) is 50.2. The van der Waals surface area contributed by atoms with Gasteiger partial charge in [0.15, 0.2) is 0 Å². The topological polar surface area (TPSA) is 20.3 Å². The maximum atomic E-state index is 12.2. The fourth-order valence-corrected chi connectivity index (χ4v) is 7.84. The molecule has 1 saturated heterocycles. The Hall–Kier alpha value is -0.500. The molecule has 1 heterocycles. The molecule has 4 rings (SSSR count). The van der Waals surface area contributed by atoms with Crippen molar-refractivity contribution in [2.24, 2.45) is 28.6 Å². The van der Waals surface area contributed by atoms with Crippen LogP contribution in [0.25, 0.3) is 0 Å². The molecule has 0 radical (unpaired) electrons. The summed E-state index contributed by atoms with van der Waals surface area (Å²) in [6.07, 6.45) is 9.50. The third-order valence-corrected chi connectivity index (χ3v) is 8.99. The SMILES string of the molecule is CC(Cl)=C1CC[C@H]2[C@@H]3CC[C@H]4N(C)C(=O)CC[C@]4(C)[C@H]3CC[C@]12C. The van der Waals surface area contributed by atoms with Crippen LogP contribution in [0.2, 0.25) is 0 Å². The maximum absolute atomic E-state index is 12.2. The lowest BCUT2D eigenvalue weighted by Crippen LogP contribution is -2.61. The maximum Gasteiger partial charge on any atom is 0.222 e. The van der Waals surface area contributed by atoms with E-state index in [1.165, 1.54) is 38.5 Å². The van der Waals surface area contributed by atoms with Crippen LogP contribution in [0.15, 0.2) is 10.6 Å². The number of amides is 1. The second kappa shape index (κ2) is 5.50. The minimum absolute atomic E-state index is 0.329. The zero-order valence-electron chi connectivity index (χ0n) is 15.7. The molecule has 3 heteroatoms. The summed E-state index contributed by atoms with van der Waals surface area (Å²) in [5.74, 6) is 2.79. The largest absolute Gasteiger partial charge is 0.342 e. The molecule has 4 aliphatic rings. The number of likely N-dealkylation sites (tertiary alicyclic amines) is 1. The van der Waals surface area contributed by atoms with Gasteiger partial charge in [0.2, 0.25) is 5.91 Å². The molecule has 3 saturated carbocycles. The van der Waals surface area contributed by atoms with Crippen molar-refractivity contribution < 1.29 is 4.79 Å². The van der Waals surface area contributed by atoms with Crippen LogP contribution in [0.3, 0.4) is 0 Å². The highest BCUT2D eigenvalue weighted by Gasteiger charge is 2.60. The molecule has 0 bridgehead atoms. The second-order valence-electron chi connectivity index (χ2n) is 9.49. The molecule has 0 aromatic carbocycles. The Morgan fingerprint density at radius 1 is 1.08 bits per heavy atom. The molecule has 3 aliphatic carbocycles. The van der Waals surface area contributed by atoms with Gasteiger partial charge in [-0.15, -0.1) is 0 Å². The summed E-state index contributed by atoms with van der Waals surface area (Å²) in [4.78, 5) is 14.3. The number of hydrogen-bond acceptors (Lipinski definition) is 1. The molecule has 1 amide bonds. The van der Waals surface area contributed by atoms with Gasteiger partial charge >= 0.3 is 0 Å². The summed E-state index contributed by atoms with van der Waals surface area (Å²) in [5.41, 5.74) is 2.22. The molecule has 1 aliphatic heterocycles. The van der Waals surface area contributed by atoms with E-state index in [4.69, 9.17) is 11.6 Å². The fraction of sp³-hybridized carbons (Fsp3) is 0.857. The summed E-state index contributed by atoms with van der Waals surface area (Å²) in [6, 6.07) is 0.468. The third-order valence-electron chi connectivity index (χ3n) is 8.76. The Bertz CT molecular complexity index is 595. The first kappa shape index (κ1) is 16.9. The van der Waals surface area contributed by atoms with Gasteiger partial charge in [-0.25, -0.2) is 0 Å². The van der Waals surface area contributed by atoms with Gasteiger partial charge in [0, 0.05) is 24.5 Å². The first-order valence-corrected chi connectivity index (χ1v) is 10.3. The monoisotopic (exact) mass is 349 g/mol. The average Bonchev–Trinajstić information content (AvgIpc) is 2.89. The quantitative estimate of drug-likeness (QED) is 0.576. The lowest BCUT2D eigenvalue weighted by atomic mass is 9.47. The second-order valence-corrected chi connectivity index (χ2v) is 10.1. The molecule has 2 nitrogen and oxygen atoms in total. The smallest absolute Gasteiger partial charge is 0.222 e. The number of nitrogens with zero attached hydrogens (tertiary/aromatic N) is 1. The summed E-state index contributed by atoms with van der Waals surface area (Å²) >= 11 is 6.48. The van der Waals surface area contributed by atoms with Crippen molar-refractivity contribution in [2.45, 2.75) is 78.2 Å². The van der Waals surface area contributed by atoms with Crippen LogP contribution in [-0.2, 0) is 4.79 Å². The Balaban J connectivity index is 1.67. The van der Waals surface area contributed by atoms with E-state index < -0.39 is 0 Å². The predicted molar refractivity (Wildman–Crippen MR) is 98.7 cm³/mol. The van der Waals surface area contributed by atoms with E-state index in [0.717, 1.165) is 35.6 Å². The summed E-state index contributed by atoms with van der Waals surface area (Å²) < 4.78 is 0. The number of hydrogen-bond donors (Lipinski definition) is 0. The van der Waals surface area contributed by atoms with Crippen molar-refractivity contribution in [2.75, 3.05) is 7.05 Å². The molecular formula is C21H32ClNO. The van der Waals surface area contributed by atoms with E-state index in [-0.39, 0.29) is 0 Å². The van der Waals surface area contributed by atoms with Gasteiger partial charge in [0.25, 0.3) is 0 Å². The average molecular weight is 350 g/mol. The Labute approximate surface area is 152 Å². The minimum atomic E-state index is 0.329. The molecule has 24 heavy (non-hydrogen) atoms. The minimum Gasteiger partial charge on any atom is -0.342 e.